The molecule has 2 aromatic carbocycles. The maximum atomic E-state index is 6.02. The Labute approximate surface area is 122 Å². The first kappa shape index (κ1) is 12.8. The van der Waals surface area contributed by atoms with E-state index in [1.807, 2.05) is 56.3 Å². The number of halogens is 1. The van der Waals surface area contributed by atoms with Gasteiger partial charge in [0.05, 0.1) is 5.69 Å². The van der Waals surface area contributed by atoms with Crippen molar-refractivity contribution in [3.63, 3.8) is 0 Å². The van der Waals surface area contributed by atoms with E-state index in [-0.39, 0.29) is 0 Å². The second-order valence-corrected chi connectivity index (χ2v) is 5.14. The second kappa shape index (κ2) is 5.06. The lowest BCUT2D eigenvalue weighted by molar-refractivity contribution is 0.716. The summed E-state index contributed by atoms with van der Waals surface area (Å²) in [7, 11) is 0. The van der Waals surface area contributed by atoms with Crippen molar-refractivity contribution in [2.45, 2.75) is 13.8 Å². The molecule has 3 aromatic rings. The van der Waals surface area contributed by atoms with Gasteiger partial charge in [0.25, 0.3) is 0 Å². The molecule has 0 atom stereocenters. The van der Waals surface area contributed by atoms with Crippen LogP contribution in [0.5, 0.6) is 0 Å². The van der Waals surface area contributed by atoms with Crippen LogP contribution >= 0.6 is 11.6 Å². The summed E-state index contributed by atoms with van der Waals surface area (Å²) < 4.78 is 0. The Balaban J connectivity index is 2.01. The van der Waals surface area contributed by atoms with Crippen LogP contribution in [0.4, 0.5) is 0 Å². The molecule has 0 spiro atoms. The molecule has 5 heteroatoms. The summed E-state index contributed by atoms with van der Waals surface area (Å²) in [6.07, 6.45) is 0. The van der Waals surface area contributed by atoms with Crippen molar-refractivity contribution in [3.8, 4) is 17.1 Å². The van der Waals surface area contributed by atoms with Gasteiger partial charge in [0.15, 0.2) is 0 Å². The normalized spacial score (nSPS) is 10.8. The fourth-order valence-corrected chi connectivity index (χ4v) is 2.10. The van der Waals surface area contributed by atoms with Gasteiger partial charge in [-0.25, -0.2) is 0 Å². The number of hydrogen-bond donors (Lipinski definition) is 0. The molecule has 0 aliphatic rings. The van der Waals surface area contributed by atoms with Crippen LogP contribution in [0.2, 0.25) is 5.02 Å². The first-order valence-electron chi connectivity index (χ1n) is 6.27. The van der Waals surface area contributed by atoms with Crippen LogP contribution in [0.25, 0.3) is 17.1 Å². The molecule has 20 heavy (non-hydrogen) atoms. The lowest BCUT2D eigenvalue weighted by Gasteiger charge is -2.03. The molecule has 0 bridgehead atoms. The summed E-state index contributed by atoms with van der Waals surface area (Å²) in [5.74, 6) is 0.601. The summed E-state index contributed by atoms with van der Waals surface area (Å²) in [5, 5.41) is 13.3. The topological polar surface area (TPSA) is 43.6 Å². The van der Waals surface area contributed by atoms with Crippen molar-refractivity contribution in [3.05, 3.63) is 58.6 Å². The van der Waals surface area contributed by atoms with Crippen molar-refractivity contribution >= 4 is 11.6 Å². The van der Waals surface area contributed by atoms with Gasteiger partial charge in [0.2, 0.25) is 5.82 Å². The summed E-state index contributed by atoms with van der Waals surface area (Å²) >= 11 is 6.02. The fraction of sp³-hybridized carbons (Fsp3) is 0.133. The van der Waals surface area contributed by atoms with E-state index >= 15 is 0 Å². The number of aryl methyl sites for hydroxylation is 2. The largest absolute Gasteiger partial charge is 0.205 e. The van der Waals surface area contributed by atoms with E-state index in [1.54, 1.807) is 0 Å². The average Bonchev–Trinajstić information content (AvgIpc) is 2.92. The molecule has 0 saturated carbocycles. The fourth-order valence-electron chi connectivity index (χ4n) is 1.93. The zero-order valence-electron chi connectivity index (χ0n) is 11.2. The van der Waals surface area contributed by atoms with E-state index in [9.17, 15) is 0 Å². The molecule has 0 saturated heterocycles. The smallest absolute Gasteiger partial charge is 0.130 e. The third-order valence-corrected chi connectivity index (χ3v) is 3.35. The molecule has 0 amide bonds. The lowest BCUT2D eigenvalue weighted by atomic mass is 10.1. The van der Waals surface area contributed by atoms with Gasteiger partial charge in [-0.15, -0.1) is 15.0 Å². The number of nitrogens with zero attached hydrogens (tertiary/aromatic N) is 4. The molecule has 4 nitrogen and oxygen atoms in total. The van der Waals surface area contributed by atoms with Crippen LogP contribution in [-0.2, 0) is 0 Å². The van der Waals surface area contributed by atoms with Crippen LogP contribution in [0, 0.1) is 13.8 Å². The van der Waals surface area contributed by atoms with Gasteiger partial charge in [0.1, 0.15) is 0 Å². The molecule has 3 rings (SSSR count). The Kier molecular flexibility index (Phi) is 3.24. The first-order valence-corrected chi connectivity index (χ1v) is 6.65. The SMILES string of the molecule is Cc1ccc(-c2nnn(-c3cc(Cl)ccc3C)n2)cc1. The van der Waals surface area contributed by atoms with Crippen LogP contribution in [0.1, 0.15) is 11.1 Å². The first-order chi connectivity index (χ1) is 9.63. The quantitative estimate of drug-likeness (QED) is 0.722. The highest BCUT2D eigenvalue weighted by molar-refractivity contribution is 6.30. The molecule has 1 aromatic heterocycles. The summed E-state index contributed by atoms with van der Waals surface area (Å²) in [4.78, 5) is 1.51. The molecule has 1 heterocycles. The van der Waals surface area contributed by atoms with E-state index in [1.165, 1.54) is 10.4 Å². The maximum absolute atomic E-state index is 6.02. The highest BCUT2D eigenvalue weighted by Gasteiger charge is 2.09. The van der Waals surface area contributed by atoms with Crippen LogP contribution in [0.3, 0.4) is 0 Å². The van der Waals surface area contributed by atoms with Gasteiger partial charge in [0, 0.05) is 10.6 Å². The standard InChI is InChI=1S/C15H13ClN4/c1-10-3-6-12(7-4-10)15-17-19-20(18-15)14-9-13(16)8-5-11(14)2/h3-9H,1-2H3. The molecule has 0 unspecified atom stereocenters. The van der Waals surface area contributed by atoms with E-state index in [2.05, 4.69) is 15.4 Å². The molecule has 0 fully saturated rings. The Morgan fingerprint density at radius 1 is 1.00 bits per heavy atom. The highest BCUT2D eigenvalue weighted by Crippen LogP contribution is 2.20. The molecular weight excluding hydrogens is 272 g/mol. The molecule has 0 N–H and O–H groups in total. The molecule has 100 valence electrons. The monoisotopic (exact) mass is 284 g/mol. The number of aromatic nitrogens is 4. The number of hydrogen-bond acceptors (Lipinski definition) is 3. The average molecular weight is 285 g/mol. The summed E-state index contributed by atoms with van der Waals surface area (Å²) in [6.45, 7) is 4.03. The maximum Gasteiger partial charge on any atom is 0.205 e. The van der Waals surface area contributed by atoms with E-state index in [0.717, 1.165) is 16.8 Å². The van der Waals surface area contributed by atoms with Crippen molar-refractivity contribution < 1.29 is 0 Å². The minimum absolute atomic E-state index is 0.601. The molecule has 0 aliphatic heterocycles. The Hall–Kier alpha value is -2.20. The van der Waals surface area contributed by atoms with Gasteiger partial charge >= 0.3 is 0 Å². The van der Waals surface area contributed by atoms with Crippen molar-refractivity contribution in [2.75, 3.05) is 0 Å². The summed E-state index contributed by atoms with van der Waals surface area (Å²) in [5.41, 5.74) is 4.03. The minimum Gasteiger partial charge on any atom is -0.130 e. The van der Waals surface area contributed by atoms with Crippen LogP contribution < -0.4 is 0 Å². The Bertz CT molecular complexity index is 747. The van der Waals surface area contributed by atoms with Crippen LogP contribution in [0.15, 0.2) is 42.5 Å². The zero-order chi connectivity index (χ0) is 14.1. The lowest BCUT2D eigenvalue weighted by Crippen LogP contribution is -2.01. The van der Waals surface area contributed by atoms with Gasteiger partial charge in [-0.2, -0.15) is 0 Å². The van der Waals surface area contributed by atoms with E-state index < -0.39 is 0 Å². The van der Waals surface area contributed by atoms with E-state index in [4.69, 9.17) is 11.6 Å². The van der Waals surface area contributed by atoms with Crippen molar-refractivity contribution in [1.82, 2.24) is 20.2 Å². The highest BCUT2D eigenvalue weighted by atomic mass is 35.5. The molecule has 0 radical (unpaired) electrons. The van der Waals surface area contributed by atoms with Gasteiger partial charge < -0.3 is 0 Å². The number of tetrazole rings is 1. The van der Waals surface area contributed by atoms with Crippen molar-refractivity contribution in [1.29, 1.82) is 0 Å². The third kappa shape index (κ3) is 2.42. The van der Waals surface area contributed by atoms with E-state index in [0.29, 0.717) is 10.8 Å². The molecular formula is C15H13ClN4. The second-order valence-electron chi connectivity index (χ2n) is 4.70. The van der Waals surface area contributed by atoms with Gasteiger partial charge in [-0.3, -0.25) is 0 Å². The Morgan fingerprint density at radius 3 is 2.50 bits per heavy atom. The van der Waals surface area contributed by atoms with Crippen molar-refractivity contribution in [2.24, 2.45) is 0 Å². The zero-order valence-corrected chi connectivity index (χ0v) is 12.0. The predicted octanol–water partition coefficient (Wildman–Crippen LogP) is 3.60. The van der Waals surface area contributed by atoms with Gasteiger partial charge in [-0.1, -0.05) is 47.5 Å². The minimum atomic E-state index is 0.601. The van der Waals surface area contributed by atoms with Gasteiger partial charge in [-0.05, 0) is 36.8 Å². The molecule has 0 aliphatic carbocycles. The summed E-state index contributed by atoms with van der Waals surface area (Å²) in [6, 6.07) is 13.6. The number of benzene rings is 2. The van der Waals surface area contributed by atoms with Crippen LogP contribution in [-0.4, -0.2) is 20.2 Å². The Morgan fingerprint density at radius 2 is 1.75 bits per heavy atom. The number of rotatable bonds is 2. The predicted molar refractivity (Wildman–Crippen MR) is 79.1 cm³/mol. The third-order valence-electron chi connectivity index (χ3n) is 3.11.